The molecule has 0 spiro atoms. The monoisotopic (exact) mass is 395 g/mol. The minimum absolute atomic E-state index is 0.233. The van der Waals surface area contributed by atoms with Gasteiger partial charge in [-0.2, -0.15) is 13.2 Å². The number of hydrogen-bond donors (Lipinski definition) is 0. The molecule has 22 heavy (non-hydrogen) atoms. The Kier molecular flexibility index (Phi) is 5.65. The summed E-state index contributed by atoms with van der Waals surface area (Å²) in [4.78, 5) is 14.4. The van der Waals surface area contributed by atoms with Crippen molar-refractivity contribution in [2.75, 3.05) is 7.11 Å². The van der Waals surface area contributed by atoms with Gasteiger partial charge in [-0.05, 0) is 0 Å². The second kappa shape index (κ2) is 6.71. The molecule has 1 rings (SSSR count). The average molecular weight is 396 g/mol. The Morgan fingerprint density at radius 1 is 1.27 bits per heavy atom. The summed E-state index contributed by atoms with van der Waals surface area (Å²) in [5, 5.41) is -0.233. The Morgan fingerprint density at radius 2 is 1.86 bits per heavy atom. The molecular weight excluding hydrogens is 388 g/mol. The average Bonchev–Trinajstić information content (AvgIpc) is 2.37. The summed E-state index contributed by atoms with van der Waals surface area (Å²) in [7, 11) is 0.889. The molecule has 0 aliphatic rings. The number of esters is 1. The van der Waals surface area contributed by atoms with E-state index in [0.29, 0.717) is 6.07 Å². The summed E-state index contributed by atoms with van der Waals surface area (Å²) in [5.41, 5.74) is -3.00. The van der Waals surface area contributed by atoms with E-state index in [2.05, 4.69) is 30.4 Å². The van der Waals surface area contributed by atoms with E-state index >= 15 is 0 Å². The van der Waals surface area contributed by atoms with Crippen LogP contribution in [0.25, 0.3) is 0 Å². The zero-order valence-corrected chi connectivity index (χ0v) is 12.4. The van der Waals surface area contributed by atoms with Crippen LogP contribution in [0, 0.1) is 0 Å². The van der Waals surface area contributed by atoms with Crippen molar-refractivity contribution in [2.24, 2.45) is 0 Å². The van der Waals surface area contributed by atoms with Crippen molar-refractivity contribution in [3.8, 4) is 5.75 Å². The van der Waals surface area contributed by atoms with Gasteiger partial charge in [0.25, 0.3) is 0 Å². The Hall–Kier alpha value is -1.52. The smallest absolute Gasteiger partial charge is 0.469 e. The van der Waals surface area contributed by atoms with Crippen LogP contribution in [0.2, 0.25) is 0 Å². The molecule has 0 aromatic carbocycles. The fourth-order valence-corrected chi connectivity index (χ4v) is 1.79. The maximum Gasteiger partial charge on any atom is 0.573 e. The number of halogens is 7. The Bertz CT molecular complexity index is 558. The number of methoxy groups -OCH3 is 1. The van der Waals surface area contributed by atoms with Gasteiger partial charge in [0, 0.05) is 17.0 Å². The highest BCUT2D eigenvalue weighted by molar-refractivity contribution is 9.08. The van der Waals surface area contributed by atoms with E-state index in [-0.39, 0.29) is 11.0 Å². The quantitative estimate of drug-likeness (QED) is 0.444. The highest BCUT2D eigenvalue weighted by Crippen LogP contribution is 2.37. The first-order valence-electron chi connectivity index (χ1n) is 5.46. The number of rotatable bonds is 4. The molecule has 1 aromatic rings. The molecule has 0 unspecified atom stereocenters. The number of ether oxygens (including phenoxy) is 2. The molecule has 11 heteroatoms. The van der Waals surface area contributed by atoms with Crippen molar-refractivity contribution >= 4 is 21.9 Å². The van der Waals surface area contributed by atoms with Crippen LogP contribution in [-0.2, 0) is 27.5 Å². The molecule has 0 saturated heterocycles. The van der Waals surface area contributed by atoms with Gasteiger partial charge in [0.15, 0.2) is 5.69 Å². The van der Waals surface area contributed by atoms with Gasteiger partial charge in [-0.3, -0.25) is 4.79 Å². The van der Waals surface area contributed by atoms with Crippen molar-refractivity contribution in [1.29, 1.82) is 0 Å². The molecule has 0 bridgehead atoms. The molecule has 4 nitrogen and oxygen atoms in total. The molecule has 0 aliphatic carbocycles. The summed E-state index contributed by atoms with van der Waals surface area (Å²) in [6.07, 6.45) is -11.4. The Morgan fingerprint density at radius 3 is 2.27 bits per heavy atom. The van der Waals surface area contributed by atoms with Crippen molar-refractivity contribution in [1.82, 2.24) is 4.98 Å². The van der Waals surface area contributed by atoms with Crippen molar-refractivity contribution in [2.45, 2.75) is 24.3 Å². The largest absolute Gasteiger partial charge is 0.573 e. The highest BCUT2D eigenvalue weighted by atomic mass is 79.9. The lowest BCUT2D eigenvalue weighted by Gasteiger charge is -2.18. The van der Waals surface area contributed by atoms with Crippen LogP contribution in [0.1, 0.15) is 17.0 Å². The van der Waals surface area contributed by atoms with Crippen LogP contribution in [0.3, 0.4) is 0 Å². The summed E-state index contributed by atoms with van der Waals surface area (Å²) in [6.45, 7) is 0. The maximum absolute atomic E-state index is 13.0. The fraction of sp³-hybridized carbons (Fsp3) is 0.455. The molecule has 1 heterocycles. The molecule has 0 N–H and O–H groups in total. The summed E-state index contributed by atoms with van der Waals surface area (Å²) in [5.74, 6) is -2.31. The van der Waals surface area contributed by atoms with Crippen LogP contribution in [0.5, 0.6) is 5.75 Å². The number of pyridine rings is 1. The van der Waals surface area contributed by atoms with Crippen LogP contribution in [0.4, 0.5) is 26.3 Å². The lowest BCUT2D eigenvalue weighted by Crippen LogP contribution is -2.22. The van der Waals surface area contributed by atoms with E-state index in [1.807, 2.05) is 0 Å². The molecule has 0 fully saturated rings. The van der Waals surface area contributed by atoms with Gasteiger partial charge in [-0.1, -0.05) is 15.9 Å². The van der Waals surface area contributed by atoms with Crippen LogP contribution in [0.15, 0.2) is 6.07 Å². The maximum atomic E-state index is 13.0. The zero-order chi connectivity index (χ0) is 17.1. The minimum atomic E-state index is -5.22. The van der Waals surface area contributed by atoms with E-state index in [1.165, 1.54) is 0 Å². The van der Waals surface area contributed by atoms with Crippen LogP contribution >= 0.6 is 15.9 Å². The number of hydrogen-bond acceptors (Lipinski definition) is 4. The molecule has 0 amide bonds. The molecule has 0 aliphatic heterocycles. The molecule has 1 aromatic heterocycles. The number of carbonyl (C=O) groups excluding carboxylic acids is 1. The minimum Gasteiger partial charge on any atom is -0.469 e. The van der Waals surface area contributed by atoms with Gasteiger partial charge in [-0.25, -0.2) is 4.98 Å². The van der Waals surface area contributed by atoms with Crippen molar-refractivity contribution in [3.63, 3.8) is 0 Å². The summed E-state index contributed by atoms with van der Waals surface area (Å²) in [6, 6.07) is 0.676. The summed E-state index contributed by atoms with van der Waals surface area (Å²) >= 11 is 2.80. The number of carbonyl (C=O) groups is 1. The first-order valence-corrected chi connectivity index (χ1v) is 6.58. The van der Waals surface area contributed by atoms with Crippen molar-refractivity contribution < 1.29 is 40.6 Å². The number of nitrogens with zero attached hydrogens (tertiary/aromatic N) is 1. The first-order chi connectivity index (χ1) is 9.97. The number of aromatic nitrogens is 1. The van der Waals surface area contributed by atoms with Crippen LogP contribution in [-0.4, -0.2) is 24.4 Å². The van der Waals surface area contributed by atoms with Crippen LogP contribution < -0.4 is 4.74 Å². The predicted molar refractivity (Wildman–Crippen MR) is 64.3 cm³/mol. The van der Waals surface area contributed by atoms with Gasteiger partial charge >= 0.3 is 18.5 Å². The molecule has 124 valence electrons. The number of alkyl halides is 7. The SMILES string of the molecule is COC(=O)Cc1c(OC(F)(F)F)cc(CBr)nc1C(F)(F)F. The van der Waals surface area contributed by atoms with E-state index < -0.39 is 41.9 Å². The van der Waals surface area contributed by atoms with E-state index in [9.17, 15) is 31.1 Å². The van der Waals surface area contributed by atoms with Gasteiger partial charge < -0.3 is 9.47 Å². The predicted octanol–water partition coefficient (Wildman–Crippen LogP) is 3.61. The lowest BCUT2D eigenvalue weighted by atomic mass is 10.1. The van der Waals surface area contributed by atoms with Gasteiger partial charge in [0.2, 0.25) is 0 Å². The normalized spacial score (nSPS) is 12.2. The molecule has 0 radical (unpaired) electrons. The molecule has 0 saturated carbocycles. The zero-order valence-electron chi connectivity index (χ0n) is 10.8. The molecular formula is C11H8BrF6NO3. The molecule has 0 atom stereocenters. The van der Waals surface area contributed by atoms with E-state index in [4.69, 9.17) is 0 Å². The fourth-order valence-electron chi connectivity index (χ4n) is 1.50. The van der Waals surface area contributed by atoms with Crippen molar-refractivity contribution in [3.05, 3.63) is 23.0 Å². The lowest BCUT2D eigenvalue weighted by molar-refractivity contribution is -0.275. The third kappa shape index (κ3) is 5.04. The second-order valence-electron chi connectivity index (χ2n) is 3.87. The Balaban J connectivity index is 3.52. The van der Waals surface area contributed by atoms with Gasteiger partial charge in [0.1, 0.15) is 5.75 Å². The third-order valence-electron chi connectivity index (χ3n) is 2.32. The summed E-state index contributed by atoms with van der Waals surface area (Å²) < 4.78 is 83.7. The van der Waals surface area contributed by atoms with Gasteiger partial charge in [-0.15, -0.1) is 13.2 Å². The topological polar surface area (TPSA) is 48.4 Å². The standard InChI is InChI=1S/C11H8BrF6NO3/c1-21-8(20)3-6-7(22-11(16,17)18)2-5(4-12)19-9(6)10(13,14)15/h2H,3-4H2,1H3. The van der Waals surface area contributed by atoms with E-state index in [0.717, 1.165) is 7.11 Å². The van der Waals surface area contributed by atoms with E-state index in [1.54, 1.807) is 0 Å². The van der Waals surface area contributed by atoms with Gasteiger partial charge in [0.05, 0.1) is 19.2 Å². The first kappa shape index (κ1) is 18.5. The highest BCUT2D eigenvalue weighted by Gasteiger charge is 2.40. The third-order valence-corrected chi connectivity index (χ3v) is 2.89. The second-order valence-corrected chi connectivity index (χ2v) is 4.43. The Labute approximate surface area is 128 Å².